The molecule has 0 radical (unpaired) electrons. The summed E-state index contributed by atoms with van der Waals surface area (Å²) in [7, 11) is 0. The Kier molecular flexibility index (Phi) is 2.06. The van der Waals surface area contributed by atoms with Crippen LogP contribution < -0.4 is 4.74 Å². The topological polar surface area (TPSA) is 38.7 Å². The number of hydrogen-bond acceptors (Lipinski definition) is 3. The van der Waals surface area contributed by atoms with Gasteiger partial charge in [-0.3, -0.25) is 0 Å². The Morgan fingerprint density at radius 1 is 1.33 bits per heavy atom. The minimum Gasteiger partial charge on any atom is -0.467 e. The number of fused-ring (bicyclic) bond motifs is 1. The first kappa shape index (κ1) is 9.63. The van der Waals surface area contributed by atoms with Crippen molar-refractivity contribution >= 4 is 15.9 Å². The van der Waals surface area contributed by atoms with E-state index in [0.717, 1.165) is 34.2 Å². The molecule has 80 valence electrons. The summed E-state index contributed by atoms with van der Waals surface area (Å²) in [6, 6.07) is 3.92. The maximum Gasteiger partial charge on any atom is 0.189 e. The van der Waals surface area contributed by atoms with E-state index in [0.29, 0.717) is 6.61 Å². The van der Waals surface area contributed by atoms with Gasteiger partial charge in [-0.25, -0.2) is 0 Å². The Morgan fingerprint density at radius 3 is 2.87 bits per heavy atom. The number of rotatable bonds is 1. The molecule has 3 nitrogen and oxygen atoms in total. The van der Waals surface area contributed by atoms with Gasteiger partial charge < -0.3 is 14.6 Å². The van der Waals surface area contributed by atoms with Gasteiger partial charge in [0.25, 0.3) is 0 Å². The van der Waals surface area contributed by atoms with E-state index < -0.39 is 5.60 Å². The monoisotopic (exact) mass is 270 g/mol. The fraction of sp³-hybridized carbons (Fsp3) is 0.455. The highest BCUT2D eigenvalue weighted by molar-refractivity contribution is 9.10. The zero-order chi connectivity index (χ0) is 10.5. The van der Waals surface area contributed by atoms with Gasteiger partial charge in [-0.05, 0) is 25.0 Å². The second-order valence-electron chi connectivity index (χ2n) is 4.08. The third-order valence-electron chi connectivity index (χ3n) is 2.90. The van der Waals surface area contributed by atoms with Gasteiger partial charge in [0.15, 0.2) is 6.79 Å². The third kappa shape index (κ3) is 1.57. The second kappa shape index (κ2) is 3.20. The number of halogens is 1. The summed E-state index contributed by atoms with van der Waals surface area (Å²) < 4.78 is 11.7. The maximum atomic E-state index is 10.1. The summed E-state index contributed by atoms with van der Waals surface area (Å²) in [6.45, 7) is 0.829. The van der Waals surface area contributed by atoms with Crippen LogP contribution in [-0.2, 0) is 16.9 Å². The molecule has 4 heteroatoms. The minimum absolute atomic E-state index is 0.276. The summed E-state index contributed by atoms with van der Waals surface area (Å²) in [5, 5.41) is 10.1. The van der Waals surface area contributed by atoms with E-state index >= 15 is 0 Å². The summed E-state index contributed by atoms with van der Waals surface area (Å²) in [6.07, 6.45) is 1.64. The van der Waals surface area contributed by atoms with E-state index in [1.807, 2.05) is 12.1 Å². The molecule has 0 atom stereocenters. The molecule has 1 fully saturated rings. The van der Waals surface area contributed by atoms with Crippen molar-refractivity contribution in [3.8, 4) is 5.75 Å². The molecule has 1 aromatic rings. The molecule has 1 saturated carbocycles. The minimum atomic E-state index is -0.662. The van der Waals surface area contributed by atoms with Crippen molar-refractivity contribution in [3.05, 3.63) is 27.7 Å². The van der Waals surface area contributed by atoms with Crippen LogP contribution in [0.4, 0.5) is 0 Å². The molecule has 1 aliphatic carbocycles. The van der Waals surface area contributed by atoms with Gasteiger partial charge in [0.2, 0.25) is 0 Å². The smallest absolute Gasteiger partial charge is 0.189 e. The van der Waals surface area contributed by atoms with Crippen LogP contribution in [0.1, 0.15) is 24.0 Å². The van der Waals surface area contributed by atoms with Crippen molar-refractivity contribution < 1.29 is 14.6 Å². The van der Waals surface area contributed by atoms with E-state index in [-0.39, 0.29) is 6.79 Å². The Bertz CT molecular complexity index is 413. The summed E-state index contributed by atoms with van der Waals surface area (Å²) in [4.78, 5) is 0. The summed E-state index contributed by atoms with van der Waals surface area (Å²) >= 11 is 3.44. The second-order valence-corrected chi connectivity index (χ2v) is 5.00. The third-order valence-corrected chi connectivity index (χ3v) is 3.36. The van der Waals surface area contributed by atoms with Gasteiger partial charge in [-0.2, -0.15) is 0 Å². The fourth-order valence-electron chi connectivity index (χ4n) is 1.91. The van der Waals surface area contributed by atoms with Gasteiger partial charge in [0, 0.05) is 15.6 Å². The highest BCUT2D eigenvalue weighted by atomic mass is 79.9. The number of benzene rings is 1. The number of ether oxygens (including phenoxy) is 2. The van der Waals surface area contributed by atoms with E-state index in [2.05, 4.69) is 15.9 Å². The lowest BCUT2D eigenvalue weighted by atomic mass is 10.0. The van der Waals surface area contributed by atoms with Crippen molar-refractivity contribution in [2.24, 2.45) is 0 Å². The van der Waals surface area contributed by atoms with Gasteiger partial charge in [-0.15, -0.1) is 0 Å². The predicted molar refractivity (Wildman–Crippen MR) is 57.6 cm³/mol. The van der Waals surface area contributed by atoms with E-state index in [1.54, 1.807) is 0 Å². The molecule has 2 aliphatic rings. The Morgan fingerprint density at radius 2 is 2.13 bits per heavy atom. The van der Waals surface area contributed by atoms with Crippen molar-refractivity contribution in [1.29, 1.82) is 0 Å². The first-order valence-electron chi connectivity index (χ1n) is 4.95. The van der Waals surface area contributed by atoms with Crippen molar-refractivity contribution in [2.75, 3.05) is 6.79 Å². The molecule has 0 unspecified atom stereocenters. The van der Waals surface area contributed by atoms with Crippen LogP contribution in [-0.4, -0.2) is 11.9 Å². The summed E-state index contributed by atoms with van der Waals surface area (Å²) in [5.74, 6) is 0.810. The molecule has 3 rings (SSSR count). The molecule has 0 spiro atoms. The SMILES string of the molecule is OC1(c2cc(Br)cc3c2OCOC3)CC1. The Labute approximate surface area is 96.1 Å². The van der Waals surface area contributed by atoms with E-state index in [9.17, 15) is 5.11 Å². The highest BCUT2D eigenvalue weighted by Gasteiger charge is 2.45. The lowest BCUT2D eigenvalue weighted by molar-refractivity contribution is -0.0191. The average Bonchev–Trinajstić information content (AvgIpc) is 2.96. The predicted octanol–water partition coefficient (Wildman–Crippen LogP) is 2.30. The molecule has 0 amide bonds. The zero-order valence-corrected chi connectivity index (χ0v) is 9.71. The molecule has 0 bridgehead atoms. The zero-order valence-electron chi connectivity index (χ0n) is 8.12. The van der Waals surface area contributed by atoms with Crippen molar-refractivity contribution in [3.63, 3.8) is 0 Å². The number of hydrogen-bond donors (Lipinski definition) is 1. The van der Waals surface area contributed by atoms with Crippen LogP contribution in [0.15, 0.2) is 16.6 Å². The number of aliphatic hydroxyl groups is 1. The first-order chi connectivity index (χ1) is 7.19. The summed E-state index contributed by atoms with van der Waals surface area (Å²) in [5.41, 5.74) is 1.24. The molecule has 1 N–H and O–H groups in total. The van der Waals surface area contributed by atoms with Crippen LogP contribution in [0.3, 0.4) is 0 Å². The van der Waals surface area contributed by atoms with Crippen LogP contribution in [0.5, 0.6) is 5.75 Å². The lowest BCUT2D eigenvalue weighted by Crippen LogP contribution is -2.16. The quantitative estimate of drug-likeness (QED) is 0.851. The van der Waals surface area contributed by atoms with Gasteiger partial charge >= 0.3 is 0 Å². The van der Waals surface area contributed by atoms with E-state index in [1.165, 1.54) is 0 Å². The molecule has 1 aromatic carbocycles. The standard InChI is InChI=1S/C11H11BrO3/c12-8-3-7-5-14-6-15-10(7)9(4-8)11(13)1-2-11/h3-4,13H,1-2,5-6H2. The molecule has 1 aliphatic heterocycles. The van der Waals surface area contributed by atoms with Crippen molar-refractivity contribution in [1.82, 2.24) is 0 Å². The van der Waals surface area contributed by atoms with Crippen LogP contribution in [0.25, 0.3) is 0 Å². The molecular weight excluding hydrogens is 260 g/mol. The van der Waals surface area contributed by atoms with Crippen molar-refractivity contribution in [2.45, 2.75) is 25.0 Å². The fourth-order valence-corrected chi connectivity index (χ4v) is 2.42. The highest BCUT2D eigenvalue weighted by Crippen LogP contribution is 2.51. The first-order valence-corrected chi connectivity index (χ1v) is 5.74. The lowest BCUT2D eigenvalue weighted by Gasteiger charge is -2.23. The van der Waals surface area contributed by atoms with Gasteiger partial charge in [0.05, 0.1) is 12.2 Å². The largest absolute Gasteiger partial charge is 0.467 e. The van der Waals surface area contributed by atoms with Gasteiger partial charge in [-0.1, -0.05) is 15.9 Å². The molecule has 15 heavy (non-hydrogen) atoms. The van der Waals surface area contributed by atoms with Crippen LogP contribution in [0.2, 0.25) is 0 Å². The maximum absolute atomic E-state index is 10.1. The molecular formula is C11H11BrO3. The Hall–Kier alpha value is -0.580. The van der Waals surface area contributed by atoms with E-state index in [4.69, 9.17) is 9.47 Å². The Balaban J connectivity index is 2.15. The molecule has 0 aromatic heterocycles. The normalized spacial score (nSPS) is 21.7. The molecule has 0 saturated heterocycles. The molecule has 1 heterocycles. The van der Waals surface area contributed by atoms with Gasteiger partial charge in [0.1, 0.15) is 5.75 Å². The van der Waals surface area contributed by atoms with Crippen LogP contribution >= 0.6 is 15.9 Å². The average molecular weight is 271 g/mol. The van der Waals surface area contributed by atoms with Crippen LogP contribution in [0, 0.1) is 0 Å².